The van der Waals surface area contributed by atoms with Crippen molar-refractivity contribution in [1.82, 2.24) is 10.2 Å². The molecule has 1 aromatic carbocycles. The van der Waals surface area contributed by atoms with Gasteiger partial charge in [0.25, 0.3) is 0 Å². The van der Waals surface area contributed by atoms with E-state index in [9.17, 15) is 4.79 Å². The average molecular weight is 282 g/mol. The Morgan fingerprint density at radius 3 is 2.85 bits per heavy atom. The van der Waals surface area contributed by atoms with Crippen LogP contribution in [0.1, 0.15) is 34.2 Å². The number of carbonyl (C=O) groups is 1. The summed E-state index contributed by atoms with van der Waals surface area (Å²) >= 11 is 1.60. The lowest BCUT2D eigenvalue weighted by Crippen LogP contribution is -2.09. The Kier molecular flexibility index (Phi) is 3.32. The minimum atomic E-state index is 0.0351. The molecule has 0 radical (unpaired) electrons. The first-order chi connectivity index (χ1) is 9.70. The Balaban J connectivity index is 2.18. The summed E-state index contributed by atoms with van der Waals surface area (Å²) in [6.45, 7) is 3.84. The molecule has 0 unspecified atom stereocenters. The normalized spacial score (nSPS) is 10.9. The van der Waals surface area contributed by atoms with Gasteiger partial charge in [0, 0.05) is 15.8 Å². The first-order valence-corrected chi connectivity index (χ1v) is 7.42. The molecule has 2 heterocycles. The molecule has 0 atom stereocenters. The van der Waals surface area contributed by atoms with E-state index in [-0.39, 0.29) is 5.78 Å². The lowest BCUT2D eigenvalue weighted by Gasteiger charge is -2.07. The molecule has 0 N–H and O–H groups in total. The molecule has 0 bridgehead atoms. The third kappa shape index (κ3) is 2.12. The maximum Gasteiger partial charge on any atom is 0.196 e. The molecule has 3 aromatic rings. The summed E-state index contributed by atoms with van der Waals surface area (Å²) < 4.78 is 1.04. The second kappa shape index (κ2) is 5.13. The summed E-state index contributed by atoms with van der Waals surface area (Å²) in [7, 11) is 0. The molecule has 3 nitrogen and oxygen atoms in total. The number of nitrogens with zero attached hydrogens (tertiary/aromatic N) is 2. The van der Waals surface area contributed by atoms with Gasteiger partial charge in [-0.15, -0.1) is 11.3 Å². The van der Waals surface area contributed by atoms with E-state index in [1.165, 1.54) is 0 Å². The quantitative estimate of drug-likeness (QED) is 0.686. The highest BCUT2D eigenvalue weighted by Gasteiger charge is 2.17. The second-order valence-electron chi connectivity index (χ2n) is 4.67. The summed E-state index contributed by atoms with van der Waals surface area (Å²) in [5.74, 6) is 0.0351. The minimum Gasteiger partial charge on any atom is -0.288 e. The van der Waals surface area contributed by atoms with Crippen LogP contribution in [0.15, 0.2) is 35.7 Å². The van der Waals surface area contributed by atoms with Gasteiger partial charge in [0.1, 0.15) is 0 Å². The highest BCUT2D eigenvalue weighted by atomic mass is 32.1. The van der Waals surface area contributed by atoms with Crippen LogP contribution >= 0.6 is 11.3 Å². The lowest BCUT2D eigenvalue weighted by atomic mass is 10.00. The number of aryl methyl sites for hydroxylation is 2. The van der Waals surface area contributed by atoms with Gasteiger partial charge in [-0.2, -0.15) is 10.2 Å². The zero-order valence-electron chi connectivity index (χ0n) is 11.4. The van der Waals surface area contributed by atoms with Gasteiger partial charge in [-0.05, 0) is 42.3 Å². The number of rotatable bonds is 3. The molecule has 3 rings (SSSR count). The maximum atomic E-state index is 12.8. The highest BCUT2D eigenvalue weighted by Crippen LogP contribution is 2.27. The predicted molar refractivity (Wildman–Crippen MR) is 81.4 cm³/mol. The number of ketones is 1. The zero-order chi connectivity index (χ0) is 14.1. The summed E-state index contributed by atoms with van der Waals surface area (Å²) in [6, 6.07) is 9.71. The van der Waals surface area contributed by atoms with Gasteiger partial charge in [-0.25, -0.2) is 0 Å². The van der Waals surface area contributed by atoms with Crippen molar-refractivity contribution in [3.05, 3.63) is 58.2 Å². The number of hydrogen-bond acceptors (Lipinski definition) is 4. The third-order valence-electron chi connectivity index (χ3n) is 3.30. The third-order valence-corrected chi connectivity index (χ3v) is 4.26. The van der Waals surface area contributed by atoms with E-state index in [4.69, 9.17) is 0 Å². The summed E-state index contributed by atoms with van der Waals surface area (Å²) in [5, 5.41) is 11.3. The summed E-state index contributed by atoms with van der Waals surface area (Å²) in [4.78, 5) is 12.8. The Morgan fingerprint density at radius 1 is 1.20 bits per heavy atom. The van der Waals surface area contributed by atoms with Crippen LogP contribution in [0.2, 0.25) is 0 Å². The van der Waals surface area contributed by atoms with Crippen LogP contribution < -0.4 is 0 Å². The monoisotopic (exact) mass is 282 g/mol. The van der Waals surface area contributed by atoms with Gasteiger partial charge in [0.05, 0.1) is 11.4 Å². The molecule has 0 aliphatic rings. The van der Waals surface area contributed by atoms with E-state index in [2.05, 4.69) is 10.2 Å². The number of carbonyl (C=O) groups excluding carboxylic acids is 1. The van der Waals surface area contributed by atoms with E-state index in [1.807, 2.05) is 49.6 Å². The van der Waals surface area contributed by atoms with Crippen LogP contribution in [0.5, 0.6) is 0 Å². The lowest BCUT2D eigenvalue weighted by molar-refractivity contribution is 0.103. The number of benzene rings is 1. The molecule has 100 valence electrons. The molecular weight excluding hydrogens is 268 g/mol. The van der Waals surface area contributed by atoms with E-state index in [1.54, 1.807) is 11.3 Å². The van der Waals surface area contributed by atoms with Crippen molar-refractivity contribution in [2.24, 2.45) is 0 Å². The summed E-state index contributed by atoms with van der Waals surface area (Å²) in [5.41, 5.74) is 2.94. The van der Waals surface area contributed by atoms with Crippen molar-refractivity contribution in [3.8, 4) is 0 Å². The molecule has 4 heteroatoms. The second-order valence-corrected chi connectivity index (χ2v) is 5.59. The minimum absolute atomic E-state index is 0.0351. The SMILES string of the molecule is CCc1nnc(C)cc1C(=O)c1cccc2ccsc12. The van der Waals surface area contributed by atoms with Gasteiger partial charge in [0.15, 0.2) is 5.78 Å². The van der Waals surface area contributed by atoms with Crippen molar-refractivity contribution < 1.29 is 4.79 Å². The number of hydrogen-bond donors (Lipinski definition) is 0. The van der Waals surface area contributed by atoms with E-state index >= 15 is 0 Å². The number of fused-ring (bicyclic) bond motifs is 1. The fourth-order valence-electron chi connectivity index (χ4n) is 2.29. The van der Waals surface area contributed by atoms with Gasteiger partial charge in [-0.1, -0.05) is 19.1 Å². The van der Waals surface area contributed by atoms with Gasteiger partial charge in [-0.3, -0.25) is 4.79 Å². The Labute approximate surface area is 121 Å². The summed E-state index contributed by atoms with van der Waals surface area (Å²) in [6.07, 6.45) is 0.703. The molecular formula is C16H14N2OS. The van der Waals surface area contributed by atoms with Crippen LogP contribution in [0.4, 0.5) is 0 Å². The molecule has 0 saturated heterocycles. The predicted octanol–water partition coefficient (Wildman–Crippen LogP) is 3.79. The Morgan fingerprint density at radius 2 is 2.05 bits per heavy atom. The van der Waals surface area contributed by atoms with E-state index in [0.717, 1.165) is 27.0 Å². The number of aromatic nitrogens is 2. The fourth-order valence-corrected chi connectivity index (χ4v) is 3.20. The topological polar surface area (TPSA) is 42.9 Å². The maximum absolute atomic E-state index is 12.8. The standard InChI is InChI=1S/C16H14N2OS/c1-3-14-13(9-10(2)17-18-14)15(19)12-6-4-5-11-7-8-20-16(11)12/h4-9H,3H2,1-2H3. The van der Waals surface area contributed by atoms with Crippen molar-refractivity contribution >= 4 is 27.2 Å². The van der Waals surface area contributed by atoms with Crippen molar-refractivity contribution in [1.29, 1.82) is 0 Å². The number of thiophene rings is 1. The van der Waals surface area contributed by atoms with Crippen LogP contribution in [0, 0.1) is 6.92 Å². The molecule has 2 aromatic heterocycles. The molecule has 0 amide bonds. The van der Waals surface area contributed by atoms with Crippen LogP contribution in [0.25, 0.3) is 10.1 Å². The Hall–Kier alpha value is -2.07. The van der Waals surface area contributed by atoms with Crippen molar-refractivity contribution in [2.45, 2.75) is 20.3 Å². The first kappa shape index (κ1) is 12.9. The zero-order valence-corrected chi connectivity index (χ0v) is 12.2. The average Bonchev–Trinajstić information content (AvgIpc) is 2.94. The molecule has 0 saturated carbocycles. The Bertz CT molecular complexity index is 792. The molecule has 0 fully saturated rings. The molecule has 0 spiro atoms. The van der Waals surface area contributed by atoms with E-state index < -0.39 is 0 Å². The molecule has 0 aliphatic carbocycles. The fraction of sp³-hybridized carbons (Fsp3) is 0.188. The molecule has 20 heavy (non-hydrogen) atoms. The van der Waals surface area contributed by atoms with Crippen LogP contribution in [-0.2, 0) is 6.42 Å². The largest absolute Gasteiger partial charge is 0.288 e. The smallest absolute Gasteiger partial charge is 0.196 e. The van der Waals surface area contributed by atoms with Gasteiger partial charge in [0.2, 0.25) is 0 Å². The van der Waals surface area contributed by atoms with Crippen LogP contribution in [0.3, 0.4) is 0 Å². The first-order valence-electron chi connectivity index (χ1n) is 6.55. The highest BCUT2D eigenvalue weighted by molar-refractivity contribution is 7.17. The van der Waals surface area contributed by atoms with Gasteiger partial charge >= 0.3 is 0 Å². The van der Waals surface area contributed by atoms with Crippen molar-refractivity contribution in [3.63, 3.8) is 0 Å². The van der Waals surface area contributed by atoms with Gasteiger partial charge < -0.3 is 0 Å². The van der Waals surface area contributed by atoms with Crippen LogP contribution in [-0.4, -0.2) is 16.0 Å². The van der Waals surface area contributed by atoms with E-state index in [0.29, 0.717) is 12.0 Å². The molecule has 0 aliphatic heterocycles. The van der Waals surface area contributed by atoms with Crippen molar-refractivity contribution in [2.75, 3.05) is 0 Å².